The fourth-order valence-corrected chi connectivity index (χ4v) is 2.67. The van der Waals surface area contributed by atoms with Gasteiger partial charge in [-0.25, -0.2) is 0 Å². The van der Waals surface area contributed by atoms with Gasteiger partial charge >= 0.3 is 0 Å². The van der Waals surface area contributed by atoms with Gasteiger partial charge in [0.25, 0.3) is 0 Å². The van der Waals surface area contributed by atoms with E-state index in [0.717, 1.165) is 0 Å². The van der Waals surface area contributed by atoms with E-state index in [0.29, 0.717) is 6.04 Å². The summed E-state index contributed by atoms with van der Waals surface area (Å²) in [6.45, 7) is 4.37. The van der Waals surface area contributed by atoms with Crippen molar-refractivity contribution < 1.29 is 0 Å². The molecule has 1 heterocycles. The van der Waals surface area contributed by atoms with Gasteiger partial charge in [0, 0.05) is 30.2 Å². The van der Waals surface area contributed by atoms with Crippen molar-refractivity contribution >= 4 is 11.8 Å². The van der Waals surface area contributed by atoms with Gasteiger partial charge in [-0.1, -0.05) is 12.1 Å². The molecule has 0 spiro atoms. The molecule has 3 nitrogen and oxygen atoms in total. The molecule has 0 radical (unpaired) electrons. The molecule has 19 heavy (non-hydrogen) atoms. The predicted octanol–water partition coefficient (Wildman–Crippen LogP) is 3.55. The Morgan fingerprint density at radius 3 is 2.32 bits per heavy atom. The first kappa shape index (κ1) is 14.2. The molecule has 0 amide bonds. The van der Waals surface area contributed by atoms with Crippen LogP contribution in [0.3, 0.4) is 0 Å². The van der Waals surface area contributed by atoms with Crippen LogP contribution < -0.4 is 5.32 Å². The van der Waals surface area contributed by atoms with Gasteiger partial charge < -0.3 is 5.32 Å². The highest BCUT2D eigenvalue weighted by molar-refractivity contribution is 7.98. The van der Waals surface area contributed by atoms with Crippen molar-refractivity contribution in [2.45, 2.75) is 30.8 Å². The maximum atomic E-state index is 4.21. The summed E-state index contributed by atoms with van der Waals surface area (Å²) in [4.78, 5) is 1.30. The Balaban J connectivity index is 2.04. The van der Waals surface area contributed by atoms with E-state index in [4.69, 9.17) is 0 Å². The van der Waals surface area contributed by atoms with E-state index in [-0.39, 0.29) is 6.04 Å². The van der Waals surface area contributed by atoms with Crippen molar-refractivity contribution in [2.75, 3.05) is 6.26 Å². The average molecular weight is 275 g/mol. The van der Waals surface area contributed by atoms with Crippen LogP contribution in [0, 0.1) is 0 Å². The molecule has 0 aliphatic rings. The van der Waals surface area contributed by atoms with Crippen LogP contribution in [0.2, 0.25) is 0 Å². The van der Waals surface area contributed by atoms with Crippen LogP contribution in [0.1, 0.15) is 37.2 Å². The molecule has 2 atom stereocenters. The van der Waals surface area contributed by atoms with Crippen LogP contribution in [0.4, 0.5) is 0 Å². The highest BCUT2D eigenvalue weighted by atomic mass is 32.2. The Morgan fingerprint density at radius 1 is 1.11 bits per heavy atom. The highest BCUT2D eigenvalue weighted by Gasteiger charge is 2.13. The van der Waals surface area contributed by atoms with Gasteiger partial charge in [-0.05, 0) is 43.9 Å². The summed E-state index contributed by atoms with van der Waals surface area (Å²) in [7, 11) is 1.98. The summed E-state index contributed by atoms with van der Waals surface area (Å²) in [5.74, 6) is 0. The molecule has 102 valence electrons. The summed E-state index contributed by atoms with van der Waals surface area (Å²) in [6.07, 6.45) is 3.94. The molecule has 2 aromatic rings. The largest absolute Gasteiger partial charge is 0.302 e. The number of nitrogens with zero attached hydrogens (tertiary/aromatic N) is 2. The quantitative estimate of drug-likeness (QED) is 0.846. The molecule has 1 aromatic heterocycles. The lowest BCUT2D eigenvalue weighted by molar-refractivity contribution is 0.469. The van der Waals surface area contributed by atoms with Crippen LogP contribution in [-0.2, 0) is 7.05 Å². The van der Waals surface area contributed by atoms with Gasteiger partial charge in [0.1, 0.15) is 0 Å². The standard InChI is InChI=1S/C15H21N3S/c1-11(13-5-7-14(19-4)8-6-13)17-12(2)15-9-10-16-18(15)3/h5-12,17H,1-4H3. The first-order valence-corrected chi connectivity index (χ1v) is 7.72. The van der Waals surface area contributed by atoms with Crippen molar-refractivity contribution in [2.24, 2.45) is 7.05 Å². The molecule has 2 rings (SSSR count). The molecule has 0 fully saturated rings. The Morgan fingerprint density at radius 2 is 1.79 bits per heavy atom. The Hall–Kier alpha value is -1.26. The SMILES string of the molecule is CSc1ccc(C(C)NC(C)c2ccnn2C)cc1. The Labute approximate surface area is 119 Å². The summed E-state index contributed by atoms with van der Waals surface area (Å²) < 4.78 is 1.92. The smallest absolute Gasteiger partial charge is 0.0547 e. The van der Waals surface area contributed by atoms with E-state index in [1.54, 1.807) is 11.8 Å². The number of hydrogen-bond donors (Lipinski definition) is 1. The van der Waals surface area contributed by atoms with Gasteiger partial charge in [0.05, 0.1) is 5.69 Å². The molecule has 0 saturated heterocycles. The van der Waals surface area contributed by atoms with Crippen molar-refractivity contribution in [3.63, 3.8) is 0 Å². The van der Waals surface area contributed by atoms with E-state index in [9.17, 15) is 0 Å². The first-order valence-electron chi connectivity index (χ1n) is 6.49. The molecule has 1 aromatic carbocycles. The molecule has 0 saturated carbocycles. The molecular formula is C15H21N3S. The Kier molecular flexibility index (Phi) is 4.66. The second kappa shape index (κ2) is 6.26. The van der Waals surface area contributed by atoms with Crippen molar-refractivity contribution in [1.29, 1.82) is 0 Å². The number of thioether (sulfide) groups is 1. The fourth-order valence-electron chi connectivity index (χ4n) is 2.26. The van der Waals surface area contributed by atoms with Crippen molar-refractivity contribution in [3.05, 3.63) is 47.8 Å². The van der Waals surface area contributed by atoms with Crippen LogP contribution in [0.25, 0.3) is 0 Å². The third-order valence-electron chi connectivity index (χ3n) is 3.42. The third-order valence-corrected chi connectivity index (χ3v) is 4.16. The van der Waals surface area contributed by atoms with Crippen LogP contribution >= 0.6 is 11.8 Å². The number of aryl methyl sites for hydroxylation is 1. The molecule has 4 heteroatoms. The minimum atomic E-state index is 0.280. The molecule has 2 unspecified atom stereocenters. The normalized spacial score (nSPS) is 14.3. The zero-order valence-corrected chi connectivity index (χ0v) is 12.7. The number of benzene rings is 1. The van der Waals surface area contributed by atoms with E-state index < -0.39 is 0 Å². The number of nitrogens with one attached hydrogen (secondary N) is 1. The van der Waals surface area contributed by atoms with Gasteiger partial charge in [0.2, 0.25) is 0 Å². The van der Waals surface area contributed by atoms with Crippen LogP contribution in [-0.4, -0.2) is 16.0 Å². The molecule has 0 aliphatic heterocycles. The molecule has 0 bridgehead atoms. The predicted molar refractivity (Wildman–Crippen MR) is 81.4 cm³/mol. The van der Waals surface area contributed by atoms with Gasteiger partial charge in [-0.3, -0.25) is 4.68 Å². The van der Waals surface area contributed by atoms with Crippen LogP contribution in [0.15, 0.2) is 41.4 Å². The summed E-state index contributed by atoms with van der Waals surface area (Å²) in [6, 6.07) is 11.4. The molecule has 1 N–H and O–H groups in total. The first-order chi connectivity index (χ1) is 9.11. The molecule has 0 aliphatic carbocycles. The van der Waals surface area contributed by atoms with Crippen molar-refractivity contribution in [1.82, 2.24) is 15.1 Å². The summed E-state index contributed by atoms with van der Waals surface area (Å²) >= 11 is 1.77. The van der Waals surface area contributed by atoms with Gasteiger partial charge in [-0.2, -0.15) is 5.10 Å². The van der Waals surface area contributed by atoms with E-state index in [2.05, 4.69) is 60.9 Å². The van der Waals surface area contributed by atoms with E-state index >= 15 is 0 Å². The van der Waals surface area contributed by atoms with Gasteiger partial charge in [0.15, 0.2) is 0 Å². The lowest BCUT2D eigenvalue weighted by Crippen LogP contribution is -2.24. The highest BCUT2D eigenvalue weighted by Crippen LogP contribution is 2.21. The number of hydrogen-bond acceptors (Lipinski definition) is 3. The monoisotopic (exact) mass is 275 g/mol. The lowest BCUT2D eigenvalue weighted by atomic mass is 10.1. The molecular weight excluding hydrogens is 254 g/mol. The maximum absolute atomic E-state index is 4.21. The summed E-state index contributed by atoms with van der Waals surface area (Å²) in [5, 5.41) is 7.82. The maximum Gasteiger partial charge on any atom is 0.0547 e. The third kappa shape index (κ3) is 3.39. The minimum Gasteiger partial charge on any atom is -0.302 e. The zero-order chi connectivity index (χ0) is 13.8. The fraction of sp³-hybridized carbons (Fsp3) is 0.400. The van der Waals surface area contributed by atoms with E-state index in [1.165, 1.54) is 16.2 Å². The second-order valence-corrected chi connectivity index (χ2v) is 5.64. The topological polar surface area (TPSA) is 29.9 Å². The average Bonchev–Trinajstić information content (AvgIpc) is 2.85. The summed E-state index contributed by atoms with van der Waals surface area (Å²) in [5.41, 5.74) is 2.51. The second-order valence-electron chi connectivity index (χ2n) is 4.76. The van der Waals surface area contributed by atoms with Crippen molar-refractivity contribution in [3.8, 4) is 0 Å². The lowest BCUT2D eigenvalue weighted by Gasteiger charge is -2.20. The minimum absolute atomic E-state index is 0.280. The number of rotatable bonds is 5. The number of aromatic nitrogens is 2. The van der Waals surface area contributed by atoms with E-state index in [1.807, 2.05) is 17.9 Å². The Bertz CT molecular complexity index is 518. The van der Waals surface area contributed by atoms with Gasteiger partial charge in [-0.15, -0.1) is 11.8 Å². The zero-order valence-electron chi connectivity index (χ0n) is 11.9. The van der Waals surface area contributed by atoms with Crippen LogP contribution in [0.5, 0.6) is 0 Å².